The van der Waals surface area contributed by atoms with Gasteiger partial charge in [-0.15, -0.1) is 0 Å². The summed E-state index contributed by atoms with van der Waals surface area (Å²) in [4.78, 5) is 4.77. The topological polar surface area (TPSA) is 54.1 Å². The second kappa shape index (κ2) is 9.23. The van der Waals surface area contributed by atoms with Crippen LogP contribution in [0.3, 0.4) is 0 Å². The van der Waals surface area contributed by atoms with Crippen molar-refractivity contribution in [3.8, 4) is 12.1 Å². The largest absolute Gasteiger partial charge is 0.361 e. The molecule has 31 heavy (non-hydrogen) atoms. The maximum Gasteiger partial charge on any atom is 0.101 e. The Balaban J connectivity index is 1.63. The van der Waals surface area contributed by atoms with Gasteiger partial charge in [-0.25, -0.2) is 0 Å². The molecule has 4 rings (SSSR count). The maximum absolute atomic E-state index is 9.73. The Morgan fingerprint density at radius 2 is 1.68 bits per heavy atom. The summed E-state index contributed by atoms with van der Waals surface area (Å²) >= 11 is 6.14. The van der Waals surface area contributed by atoms with Gasteiger partial charge in [-0.05, 0) is 60.0 Å². The number of hydrogen-bond acceptors (Lipinski definition) is 4. The Labute approximate surface area is 188 Å². The fourth-order valence-electron chi connectivity index (χ4n) is 4.17. The first kappa shape index (κ1) is 20.9. The van der Waals surface area contributed by atoms with E-state index in [0.29, 0.717) is 16.1 Å². The van der Waals surface area contributed by atoms with E-state index in [1.807, 2.05) is 49.4 Å². The number of piperazine rings is 1. The number of nitriles is 2. The number of aryl methyl sites for hydroxylation is 1. The zero-order valence-electron chi connectivity index (χ0n) is 17.4. The van der Waals surface area contributed by atoms with Crippen molar-refractivity contribution in [3.05, 3.63) is 99.6 Å². The van der Waals surface area contributed by atoms with Gasteiger partial charge in [-0.1, -0.05) is 41.9 Å². The van der Waals surface area contributed by atoms with Crippen LogP contribution < -0.4 is 4.90 Å². The third-order valence-electron chi connectivity index (χ3n) is 5.79. The monoisotopic (exact) mass is 426 g/mol. The molecule has 0 spiro atoms. The zero-order valence-corrected chi connectivity index (χ0v) is 18.2. The number of rotatable bonds is 4. The fourth-order valence-corrected chi connectivity index (χ4v) is 4.30. The molecule has 0 amide bonds. The van der Waals surface area contributed by atoms with Gasteiger partial charge in [-0.3, -0.25) is 4.90 Å². The van der Waals surface area contributed by atoms with E-state index in [-0.39, 0.29) is 6.04 Å². The number of nitrogens with zero attached hydrogens (tertiary/aromatic N) is 4. The lowest BCUT2D eigenvalue weighted by Gasteiger charge is -2.43. The molecule has 5 heteroatoms. The summed E-state index contributed by atoms with van der Waals surface area (Å²) in [5, 5.41) is 19.5. The minimum absolute atomic E-state index is 0.110. The van der Waals surface area contributed by atoms with Crippen molar-refractivity contribution in [3.63, 3.8) is 0 Å². The highest BCUT2D eigenvalue weighted by atomic mass is 35.5. The van der Waals surface area contributed by atoms with E-state index in [9.17, 15) is 5.26 Å². The van der Waals surface area contributed by atoms with Crippen molar-refractivity contribution in [2.75, 3.05) is 24.5 Å². The van der Waals surface area contributed by atoms with Crippen LogP contribution in [0.5, 0.6) is 0 Å². The molecule has 0 saturated carbocycles. The fraction of sp³-hybridized carbons (Fsp3) is 0.231. The van der Waals surface area contributed by atoms with Gasteiger partial charge in [-0.2, -0.15) is 10.5 Å². The Morgan fingerprint density at radius 3 is 2.35 bits per heavy atom. The van der Waals surface area contributed by atoms with Crippen LogP contribution in [0.15, 0.2) is 66.7 Å². The molecule has 3 aromatic carbocycles. The van der Waals surface area contributed by atoms with E-state index in [1.54, 1.807) is 0 Å². The zero-order chi connectivity index (χ0) is 21.8. The molecule has 0 radical (unpaired) electrons. The molecule has 3 aromatic rings. The molecule has 1 atom stereocenters. The Morgan fingerprint density at radius 1 is 0.935 bits per heavy atom. The first-order valence-electron chi connectivity index (χ1n) is 10.3. The maximum atomic E-state index is 9.73. The second-order valence-electron chi connectivity index (χ2n) is 7.94. The van der Waals surface area contributed by atoms with E-state index < -0.39 is 0 Å². The highest BCUT2D eigenvalue weighted by molar-refractivity contribution is 6.30. The van der Waals surface area contributed by atoms with Gasteiger partial charge in [0.25, 0.3) is 0 Å². The van der Waals surface area contributed by atoms with Gasteiger partial charge in [0.2, 0.25) is 0 Å². The molecule has 1 fully saturated rings. The lowest BCUT2D eigenvalue weighted by molar-refractivity contribution is 0.215. The SMILES string of the molecule is Cc1ccc(N2CCN(Cc3ccc(C#N)cc3)CC2c2ccc(Cl)cc2)c(C#N)c1. The van der Waals surface area contributed by atoms with E-state index in [4.69, 9.17) is 16.9 Å². The van der Waals surface area contributed by atoms with Crippen LogP contribution in [0.25, 0.3) is 0 Å². The van der Waals surface area contributed by atoms with Crippen molar-refractivity contribution in [1.29, 1.82) is 10.5 Å². The molecule has 0 aliphatic carbocycles. The number of benzene rings is 3. The first-order valence-corrected chi connectivity index (χ1v) is 10.7. The standard InChI is InChI=1S/C26H23ClN4/c1-19-2-11-25(23(14-19)16-29)31-13-12-30(17-21-5-3-20(15-28)4-6-21)18-26(31)22-7-9-24(27)10-8-22/h2-11,14,26H,12-13,17-18H2,1H3. The van der Waals surface area contributed by atoms with Crippen LogP contribution in [-0.2, 0) is 6.54 Å². The van der Waals surface area contributed by atoms with E-state index >= 15 is 0 Å². The van der Waals surface area contributed by atoms with Gasteiger partial charge in [0, 0.05) is 31.2 Å². The predicted molar refractivity (Wildman–Crippen MR) is 124 cm³/mol. The summed E-state index contributed by atoms with van der Waals surface area (Å²) in [7, 11) is 0. The number of anilines is 1. The molecule has 0 N–H and O–H groups in total. The highest BCUT2D eigenvalue weighted by Gasteiger charge is 2.30. The minimum atomic E-state index is 0.110. The van der Waals surface area contributed by atoms with Crippen LogP contribution >= 0.6 is 11.6 Å². The van der Waals surface area contributed by atoms with Crippen molar-refractivity contribution in [1.82, 2.24) is 4.90 Å². The van der Waals surface area contributed by atoms with Crippen LogP contribution in [0, 0.1) is 29.6 Å². The molecule has 1 aliphatic rings. The smallest absolute Gasteiger partial charge is 0.101 e. The molecule has 1 heterocycles. The lowest BCUT2D eigenvalue weighted by atomic mass is 9.99. The summed E-state index contributed by atoms with van der Waals surface area (Å²) in [5.74, 6) is 0. The van der Waals surface area contributed by atoms with E-state index in [0.717, 1.165) is 37.4 Å². The average Bonchev–Trinajstić information content (AvgIpc) is 2.80. The van der Waals surface area contributed by atoms with Gasteiger partial charge in [0.1, 0.15) is 6.07 Å². The van der Waals surface area contributed by atoms with Gasteiger partial charge in [0.05, 0.1) is 28.9 Å². The molecule has 154 valence electrons. The Bertz CT molecular complexity index is 1140. The third-order valence-corrected chi connectivity index (χ3v) is 6.04. The molecule has 4 nitrogen and oxygen atoms in total. The lowest BCUT2D eigenvalue weighted by Crippen LogP contribution is -2.48. The van der Waals surface area contributed by atoms with Crippen molar-refractivity contribution < 1.29 is 0 Å². The normalized spacial score (nSPS) is 16.5. The van der Waals surface area contributed by atoms with Crippen LogP contribution in [0.1, 0.15) is 33.9 Å². The first-order chi connectivity index (χ1) is 15.1. The third kappa shape index (κ3) is 4.72. The Kier molecular flexibility index (Phi) is 6.23. The van der Waals surface area contributed by atoms with Gasteiger partial charge in [0.15, 0.2) is 0 Å². The van der Waals surface area contributed by atoms with Crippen molar-refractivity contribution in [2.45, 2.75) is 19.5 Å². The number of halogens is 1. The average molecular weight is 427 g/mol. The van der Waals surface area contributed by atoms with E-state index in [1.165, 1.54) is 11.1 Å². The summed E-state index contributed by atoms with van der Waals surface area (Å²) < 4.78 is 0. The summed E-state index contributed by atoms with van der Waals surface area (Å²) in [6.07, 6.45) is 0. The molecule has 1 saturated heterocycles. The summed E-state index contributed by atoms with van der Waals surface area (Å²) in [6, 6.07) is 26.5. The molecular formula is C26H23ClN4. The predicted octanol–water partition coefficient (Wildman–Crippen LogP) is 5.46. The molecular weight excluding hydrogens is 404 g/mol. The number of hydrogen-bond donors (Lipinski definition) is 0. The van der Waals surface area contributed by atoms with Gasteiger partial charge < -0.3 is 4.90 Å². The quantitative estimate of drug-likeness (QED) is 0.556. The van der Waals surface area contributed by atoms with Crippen molar-refractivity contribution >= 4 is 17.3 Å². The minimum Gasteiger partial charge on any atom is -0.361 e. The molecule has 0 aromatic heterocycles. The van der Waals surface area contributed by atoms with Crippen LogP contribution in [0.2, 0.25) is 5.02 Å². The van der Waals surface area contributed by atoms with Crippen LogP contribution in [0.4, 0.5) is 5.69 Å². The summed E-state index contributed by atoms with van der Waals surface area (Å²) in [5.41, 5.74) is 5.82. The highest BCUT2D eigenvalue weighted by Crippen LogP contribution is 2.34. The molecule has 1 aliphatic heterocycles. The van der Waals surface area contributed by atoms with E-state index in [2.05, 4.69) is 46.2 Å². The Hall–Kier alpha value is -3.31. The van der Waals surface area contributed by atoms with Crippen molar-refractivity contribution in [2.24, 2.45) is 0 Å². The molecule has 0 bridgehead atoms. The van der Waals surface area contributed by atoms with Crippen LogP contribution in [-0.4, -0.2) is 24.5 Å². The molecule has 1 unspecified atom stereocenters. The summed E-state index contributed by atoms with van der Waals surface area (Å²) in [6.45, 7) is 5.38. The second-order valence-corrected chi connectivity index (χ2v) is 8.37. The van der Waals surface area contributed by atoms with Gasteiger partial charge >= 0.3 is 0 Å².